The highest BCUT2D eigenvalue weighted by atomic mass is 16.5. The van der Waals surface area contributed by atoms with Gasteiger partial charge in [0.05, 0.1) is 6.61 Å². The maximum absolute atomic E-state index is 11.6. The number of rotatable bonds is 6. The molecule has 0 aliphatic heterocycles. The van der Waals surface area contributed by atoms with E-state index in [-0.39, 0.29) is 18.3 Å². The molecule has 6 heteroatoms. The molecule has 0 unspecified atom stereocenters. The molecule has 6 nitrogen and oxygen atoms in total. The number of carbonyl (C=O) groups excluding carboxylic acids is 1. The normalized spacial score (nSPS) is 10.1. The van der Waals surface area contributed by atoms with Crippen molar-refractivity contribution in [1.29, 1.82) is 5.26 Å². The highest BCUT2D eigenvalue weighted by Gasteiger charge is 2.15. The third kappa shape index (κ3) is 4.92. The van der Waals surface area contributed by atoms with E-state index in [1.807, 2.05) is 19.9 Å². The zero-order valence-corrected chi connectivity index (χ0v) is 11.5. The quantitative estimate of drug-likeness (QED) is 0.720. The van der Waals surface area contributed by atoms with Gasteiger partial charge in [-0.25, -0.2) is 9.97 Å². The van der Waals surface area contributed by atoms with Crippen LogP contribution in [0.25, 0.3) is 0 Å². The molecule has 0 N–H and O–H groups in total. The summed E-state index contributed by atoms with van der Waals surface area (Å²) in [4.78, 5) is 21.3. The van der Waals surface area contributed by atoms with Crippen LogP contribution in [0.5, 0.6) is 0 Å². The second kappa shape index (κ2) is 7.31. The summed E-state index contributed by atoms with van der Waals surface area (Å²) in [6.45, 7) is 6.98. The van der Waals surface area contributed by atoms with Gasteiger partial charge in [-0.05, 0) is 18.9 Å². The average Bonchev–Trinajstić information content (AvgIpc) is 2.38. The SMILES string of the molecule is CCOC(=O)CN(CC(C)C)c1ccnc(C#N)n1. The van der Waals surface area contributed by atoms with E-state index >= 15 is 0 Å². The van der Waals surface area contributed by atoms with Crippen molar-refractivity contribution in [2.75, 3.05) is 24.6 Å². The van der Waals surface area contributed by atoms with Crippen molar-refractivity contribution >= 4 is 11.8 Å². The summed E-state index contributed by atoms with van der Waals surface area (Å²) < 4.78 is 4.94. The Kier molecular flexibility index (Phi) is 5.73. The van der Waals surface area contributed by atoms with Crippen LogP contribution in [-0.4, -0.2) is 35.6 Å². The summed E-state index contributed by atoms with van der Waals surface area (Å²) in [5, 5.41) is 8.81. The van der Waals surface area contributed by atoms with Gasteiger partial charge in [-0.2, -0.15) is 5.26 Å². The van der Waals surface area contributed by atoms with Crippen molar-refractivity contribution in [3.63, 3.8) is 0 Å². The predicted molar refractivity (Wildman–Crippen MR) is 70.4 cm³/mol. The van der Waals surface area contributed by atoms with Crippen LogP contribution in [0.2, 0.25) is 0 Å². The number of hydrogen-bond donors (Lipinski definition) is 0. The van der Waals surface area contributed by atoms with E-state index < -0.39 is 0 Å². The van der Waals surface area contributed by atoms with Crippen molar-refractivity contribution < 1.29 is 9.53 Å². The van der Waals surface area contributed by atoms with Crippen LogP contribution in [-0.2, 0) is 9.53 Å². The van der Waals surface area contributed by atoms with Gasteiger partial charge >= 0.3 is 5.97 Å². The molecule has 0 radical (unpaired) electrons. The monoisotopic (exact) mass is 262 g/mol. The smallest absolute Gasteiger partial charge is 0.325 e. The van der Waals surface area contributed by atoms with Gasteiger partial charge in [-0.1, -0.05) is 13.8 Å². The fourth-order valence-electron chi connectivity index (χ4n) is 1.62. The number of anilines is 1. The fraction of sp³-hybridized carbons (Fsp3) is 0.538. The van der Waals surface area contributed by atoms with E-state index in [9.17, 15) is 4.79 Å². The first-order chi connectivity index (χ1) is 9.06. The van der Waals surface area contributed by atoms with Crippen LogP contribution in [0, 0.1) is 17.2 Å². The Morgan fingerprint density at radius 2 is 2.32 bits per heavy atom. The number of carbonyl (C=O) groups is 1. The average molecular weight is 262 g/mol. The number of nitrogens with zero attached hydrogens (tertiary/aromatic N) is 4. The van der Waals surface area contributed by atoms with Gasteiger partial charge in [-0.15, -0.1) is 0 Å². The van der Waals surface area contributed by atoms with Crippen LogP contribution in [0.1, 0.15) is 26.6 Å². The Labute approximate surface area is 113 Å². The number of nitriles is 1. The molecule has 0 aromatic carbocycles. The summed E-state index contributed by atoms with van der Waals surface area (Å²) in [5.41, 5.74) is 0. The van der Waals surface area contributed by atoms with Crippen LogP contribution in [0.15, 0.2) is 12.3 Å². The summed E-state index contributed by atoms with van der Waals surface area (Å²) in [6, 6.07) is 3.57. The van der Waals surface area contributed by atoms with Crippen LogP contribution >= 0.6 is 0 Å². The molecular formula is C13H18N4O2. The van der Waals surface area contributed by atoms with E-state index in [0.29, 0.717) is 24.9 Å². The molecule has 0 aliphatic rings. The molecule has 0 aliphatic carbocycles. The fourth-order valence-corrected chi connectivity index (χ4v) is 1.62. The molecule has 1 heterocycles. The Bertz CT molecular complexity index is 468. The Morgan fingerprint density at radius 3 is 2.89 bits per heavy atom. The van der Waals surface area contributed by atoms with E-state index in [1.54, 1.807) is 17.9 Å². The second-order valence-corrected chi connectivity index (χ2v) is 4.43. The van der Waals surface area contributed by atoms with Crippen molar-refractivity contribution in [2.45, 2.75) is 20.8 Å². The van der Waals surface area contributed by atoms with Gasteiger partial charge in [-0.3, -0.25) is 4.79 Å². The molecule has 1 aromatic heterocycles. The minimum absolute atomic E-state index is 0.0927. The lowest BCUT2D eigenvalue weighted by Crippen LogP contribution is -2.34. The van der Waals surface area contributed by atoms with E-state index in [0.717, 1.165) is 0 Å². The van der Waals surface area contributed by atoms with E-state index in [4.69, 9.17) is 10.00 Å². The summed E-state index contributed by atoms with van der Waals surface area (Å²) in [7, 11) is 0. The number of aromatic nitrogens is 2. The number of hydrogen-bond acceptors (Lipinski definition) is 6. The second-order valence-electron chi connectivity index (χ2n) is 4.43. The van der Waals surface area contributed by atoms with Gasteiger partial charge in [0.1, 0.15) is 18.4 Å². The zero-order chi connectivity index (χ0) is 14.3. The lowest BCUT2D eigenvalue weighted by atomic mass is 10.2. The Morgan fingerprint density at radius 1 is 1.58 bits per heavy atom. The predicted octanol–water partition coefficient (Wildman–Crippen LogP) is 1.37. The zero-order valence-electron chi connectivity index (χ0n) is 11.5. The summed E-state index contributed by atoms with van der Waals surface area (Å²) in [5.74, 6) is 0.707. The molecule has 0 amide bonds. The molecule has 0 fully saturated rings. The highest BCUT2D eigenvalue weighted by molar-refractivity contribution is 5.75. The molecule has 0 saturated carbocycles. The van der Waals surface area contributed by atoms with Gasteiger partial charge in [0.15, 0.2) is 0 Å². The first-order valence-corrected chi connectivity index (χ1v) is 6.20. The third-order valence-electron chi connectivity index (χ3n) is 2.28. The molecule has 0 spiro atoms. The van der Waals surface area contributed by atoms with Crippen molar-refractivity contribution in [3.8, 4) is 6.07 Å². The topological polar surface area (TPSA) is 79.1 Å². The molecule has 102 valence electrons. The maximum Gasteiger partial charge on any atom is 0.325 e. The summed E-state index contributed by atoms with van der Waals surface area (Å²) >= 11 is 0. The first kappa shape index (κ1) is 14.9. The molecule has 19 heavy (non-hydrogen) atoms. The lowest BCUT2D eigenvalue weighted by Gasteiger charge is -2.24. The Balaban J connectivity index is 2.89. The molecule has 0 bridgehead atoms. The largest absolute Gasteiger partial charge is 0.465 e. The minimum Gasteiger partial charge on any atom is -0.465 e. The number of ether oxygens (including phenoxy) is 1. The van der Waals surface area contributed by atoms with E-state index in [2.05, 4.69) is 9.97 Å². The van der Waals surface area contributed by atoms with E-state index in [1.165, 1.54) is 6.20 Å². The molecule has 1 rings (SSSR count). The minimum atomic E-state index is -0.305. The maximum atomic E-state index is 11.6. The Hall–Kier alpha value is -2.16. The van der Waals surface area contributed by atoms with Crippen LogP contribution in [0.4, 0.5) is 5.82 Å². The van der Waals surface area contributed by atoms with Crippen molar-refractivity contribution in [1.82, 2.24) is 9.97 Å². The lowest BCUT2D eigenvalue weighted by molar-refractivity contribution is -0.141. The molecule has 0 atom stereocenters. The van der Waals surface area contributed by atoms with Gasteiger partial charge in [0.25, 0.3) is 0 Å². The van der Waals surface area contributed by atoms with Crippen molar-refractivity contribution in [2.24, 2.45) is 5.92 Å². The van der Waals surface area contributed by atoms with Crippen LogP contribution in [0.3, 0.4) is 0 Å². The van der Waals surface area contributed by atoms with Crippen molar-refractivity contribution in [3.05, 3.63) is 18.1 Å². The third-order valence-corrected chi connectivity index (χ3v) is 2.28. The van der Waals surface area contributed by atoms with Gasteiger partial charge in [0.2, 0.25) is 5.82 Å². The summed E-state index contributed by atoms with van der Waals surface area (Å²) in [6.07, 6.45) is 1.51. The molecular weight excluding hydrogens is 244 g/mol. The first-order valence-electron chi connectivity index (χ1n) is 6.20. The standard InChI is InChI=1S/C13H18N4O2/c1-4-19-13(18)9-17(8-10(2)3)12-5-6-15-11(7-14)16-12/h5-6,10H,4,8-9H2,1-3H3. The molecule has 0 saturated heterocycles. The van der Waals surface area contributed by atoms with Gasteiger partial charge in [0, 0.05) is 12.7 Å². The molecule has 1 aromatic rings. The highest BCUT2D eigenvalue weighted by Crippen LogP contribution is 2.12. The van der Waals surface area contributed by atoms with Crippen LogP contribution < -0.4 is 4.90 Å². The van der Waals surface area contributed by atoms with Gasteiger partial charge < -0.3 is 9.64 Å². The number of esters is 1.